The van der Waals surface area contributed by atoms with E-state index in [9.17, 15) is 22.4 Å². The Labute approximate surface area is 179 Å². The van der Waals surface area contributed by atoms with Crippen molar-refractivity contribution in [3.05, 3.63) is 108 Å². The zero-order chi connectivity index (χ0) is 22.4. The quantitative estimate of drug-likeness (QED) is 0.414. The third-order valence-electron chi connectivity index (χ3n) is 4.32. The van der Waals surface area contributed by atoms with Crippen molar-refractivity contribution >= 4 is 27.4 Å². The second-order valence-electron chi connectivity index (χ2n) is 6.52. The summed E-state index contributed by atoms with van der Waals surface area (Å²) in [6.07, 6.45) is 1.32. The van der Waals surface area contributed by atoms with Gasteiger partial charge in [0.1, 0.15) is 10.7 Å². The summed E-state index contributed by atoms with van der Waals surface area (Å²) in [4.78, 5) is 24.6. The maximum absolute atomic E-state index is 14.1. The molecule has 0 aliphatic carbocycles. The molecular formula is C23H19FN2O4S. The van der Waals surface area contributed by atoms with Crippen LogP contribution in [-0.4, -0.2) is 26.7 Å². The number of hydrogen-bond acceptors (Lipinski definition) is 4. The lowest BCUT2D eigenvalue weighted by molar-refractivity contribution is 0.102. The SMILES string of the molecule is C=CCNS(=O)(=O)c1cc(C(=O)Nc2cccc(C(=O)c3ccccc3)c2)ccc1F. The Balaban J connectivity index is 1.83. The molecule has 158 valence electrons. The fourth-order valence-electron chi connectivity index (χ4n) is 2.79. The lowest BCUT2D eigenvalue weighted by Gasteiger charge is -2.10. The smallest absolute Gasteiger partial charge is 0.255 e. The van der Waals surface area contributed by atoms with Gasteiger partial charge < -0.3 is 5.32 Å². The van der Waals surface area contributed by atoms with Crippen LogP contribution in [-0.2, 0) is 10.0 Å². The van der Waals surface area contributed by atoms with Gasteiger partial charge in [0.05, 0.1) is 0 Å². The second-order valence-corrected chi connectivity index (χ2v) is 8.25. The van der Waals surface area contributed by atoms with Crippen LogP contribution in [0.3, 0.4) is 0 Å². The van der Waals surface area contributed by atoms with Gasteiger partial charge in [0.2, 0.25) is 10.0 Å². The number of amides is 1. The van der Waals surface area contributed by atoms with Crippen molar-refractivity contribution in [3.8, 4) is 0 Å². The molecule has 0 aliphatic rings. The van der Waals surface area contributed by atoms with E-state index in [-0.39, 0.29) is 17.9 Å². The number of sulfonamides is 1. The Bertz CT molecular complexity index is 1240. The van der Waals surface area contributed by atoms with Gasteiger partial charge in [-0.15, -0.1) is 6.58 Å². The van der Waals surface area contributed by atoms with Crippen molar-refractivity contribution in [2.45, 2.75) is 4.90 Å². The molecule has 0 atom stereocenters. The van der Waals surface area contributed by atoms with Crippen LogP contribution in [0.15, 0.2) is 90.3 Å². The minimum Gasteiger partial charge on any atom is -0.322 e. The number of hydrogen-bond donors (Lipinski definition) is 2. The third kappa shape index (κ3) is 5.30. The minimum atomic E-state index is -4.15. The molecule has 2 N–H and O–H groups in total. The van der Waals surface area contributed by atoms with Crippen molar-refractivity contribution < 1.29 is 22.4 Å². The highest BCUT2D eigenvalue weighted by Crippen LogP contribution is 2.19. The molecule has 0 aliphatic heterocycles. The Morgan fingerprint density at radius 2 is 1.61 bits per heavy atom. The molecule has 6 nitrogen and oxygen atoms in total. The molecule has 3 rings (SSSR count). The molecule has 31 heavy (non-hydrogen) atoms. The summed E-state index contributed by atoms with van der Waals surface area (Å²) >= 11 is 0. The van der Waals surface area contributed by atoms with Crippen LogP contribution in [0, 0.1) is 5.82 Å². The van der Waals surface area contributed by atoms with E-state index >= 15 is 0 Å². The van der Waals surface area contributed by atoms with Gasteiger partial charge >= 0.3 is 0 Å². The summed E-state index contributed by atoms with van der Waals surface area (Å²) in [5.74, 6) is -1.84. The van der Waals surface area contributed by atoms with Crippen molar-refractivity contribution in [2.75, 3.05) is 11.9 Å². The number of rotatable bonds is 8. The summed E-state index contributed by atoms with van der Waals surface area (Å²) in [7, 11) is -4.15. The Kier molecular flexibility index (Phi) is 6.74. The fourth-order valence-corrected chi connectivity index (χ4v) is 3.89. The predicted molar refractivity (Wildman–Crippen MR) is 116 cm³/mol. The molecule has 0 spiro atoms. The molecule has 3 aromatic carbocycles. The van der Waals surface area contributed by atoms with Crippen LogP contribution in [0.1, 0.15) is 26.3 Å². The van der Waals surface area contributed by atoms with E-state index in [1.54, 1.807) is 48.5 Å². The summed E-state index contributed by atoms with van der Waals surface area (Å²) < 4.78 is 40.7. The average Bonchev–Trinajstić information content (AvgIpc) is 2.78. The average molecular weight is 438 g/mol. The van der Waals surface area contributed by atoms with E-state index in [2.05, 4.69) is 16.6 Å². The molecule has 0 fully saturated rings. The number of carbonyl (C=O) groups is 2. The molecule has 1 amide bonds. The Morgan fingerprint density at radius 1 is 0.903 bits per heavy atom. The number of carbonyl (C=O) groups excluding carboxylic acids is 2. The first-order valence-corrected chi connectivity index (χ1v) is 10.7. The summed E-state index contributed by atoms with van der Waals surface area (Å²) in [6, 6.07) is 18.1. The van der Waals surface area contributed by atoms with Crippen LogP contribution < -0.4 is 10.0 Å². The maximum Gasteiger partial charge on any atom is 0.255 e. The first-order valence-electron chi connectivity index (χ1n) is 9.23. The number of nitrogens with one attached hydrogen (secondary N) is 2. The van der Waals surface area contributed by atoms with Gasteiger partial charge in [-0.1, -0.05) is 48.5 Å². The molecule has 0 aromatic heterocycles. The van der Waals surface area contributed by atoms with Gasteiger partial charge in [-0.25, -0.2) is 17.5 Å². The van der Waals surface area contributed by atoms with E-state index in [1.807, 2.05) is 0 Å². The predicted octanol–water partition coefficient (Wildman–Crippen LogP) is 3.77. The van der Waals surface area contributed by atoms with Crippen molar-refractivity contribution in [2.24, 2.45) is 0 Å². The summed E-state index contributed by atoms with van der Waals surface area (Å²) in [6.45, 7) is 3.32. The van der Waals surface area contributed by atoms with Gasteiger partial charge in [0.25, 0.3) is 5.91 Å². The first-order chi connectivity index (χ1) is 14.8. The largest absolute Gasteiger partial charge is 0.322 e. The Morgan fingerprint density at radius 3 is 2.32 bits per heavy atom. The summed E-state index contributed by atoms with van der Waals surface area (Å²) in [5, 5.41) is 2.60. The van der Waals surface area contributed by atoms with E-state index in [0.717, 1.165) is 12.1 Å². The van der Waals surface area contributed by atoms with Crippen molar-refractivity contribution in [3.63, 3.8) is 0 Å². The molecule has 0 saturated heterocycles. The van der Waals surface area contributed by atoms with E-state index < -0.39 is 26.6 Å². The van der Waals surface area contributed by atoms with Crippen molar-refractivity contribution in [1.82, 2.24) is 4.72 Å². The van der Waals surface area contributed by atoms with Gasteiger partial charge in [0.15, 0.2) is 5.78 Å². The molecule has 0 radical (unpaired) electrons. The lowest BCUT2D eigenvalue weighted by atomic mass is 10.0. The normalized spacial score (nSPS) is 11.0. The van der Waals surface area contributed by atoms with E-state index in [4.69, 9.17) is 0 Å². The molecule has 8 heteroatoms. The van der Waals surface area contributed by atoms with Crippen LogP contribution >= 0.6 is 0 Å². The summed E-state index contributed by atoms with van der Waals surface area (Å²) in [5.41, 5.74) is 1.16. The zero-order valence-corrected chi connectivity index (χ0v) is 17.2. The molecule has 0 bridgehead atoms. The minimum absolute atomic E-state index is 0.0554. The molecule has 3 aromatic rings. The van der Waals surface area contributed by atoms with E-state index in [0.29, 0.717) is 16.8 Å². The maximum atomic E-state index is 14.1. The highest BCUT2D eigenvalue weighted by molar-refractivity contribution is 7.89. The third-order valence-corrected chi connectivity index (χ3v) is 5.76. The lowest BCUT2D eigenvalue weighted by Crippen LogP contribution is -2.25. The van der Waals surface area contributed by atoms with Crippen molar-refractivity contribution in [1.29, 1.82) is 0 Å². The van der Waals surface area contributed by atoms with E-state index in [1.165, 1.54) is 18.2 Å². The first kappa shape index (κ1) is 22.1. The van der Waals surface area contributed by atoms with Gasteiger partial charge in [-0.3, -0.25) is 9.59 Å². The topological polar surface area (TPSA) is 92.3 Å². The second kappa shape index (κ2) is 9.46. The number of halogens is 1. The number of ketones is 1. The molecular weight excluding hydrogens is 419 g/mol. The number of anilines is 1. The Hall–Kier alpha value is -3.62. The van der Waals surface area contributed by atoms with Crippen LogP contribution in [0.5, 0.6) is 0 Å². The molecule has 0 unspecified atom stereocenters. The van der Waals surface area contributed by atoms with Gasteiger partial charge in [-0.2, -0.15) is 0 Å². The fraction of sp³-hybridized carbons (Fsp3) is 0.0435. The highest BCUT2D eigenvalue weighted by atomic mass is 32.2. The standard InChI is InChI=1S/C23H19FN2O4S/c1-2-13-25-31(29,30)21-15-18(11-12-20(21)24)23(28)26-19-10-6-9-17(14-19)22(27)16-7-4-3-5-8-16/h2-12,14-15,25H,1,13H2,(H,26,28). The molecule has 0 saturated carbocycles. The van der Waals surface area contributed by atoms with Crippen LogP contribution in [0.2, 0.25) is 0 Å². The number of benzene rings is 3. The zero-order valence-electron chi connectivity index (χ0n) is 16.3. The molecule has 0 heterocycles. The monoisotopic (exact) mass is 438 g/mol. The van der Waals surface area contributed by atoms with Crippen LogP contribution in [0.4, 0.5) is 10.1 Å². The highest BCUT2D eigenvalue weighted by Gasteiger charge is 2.21. The van der Waals surface area contributed by atoms with Gasteiger partial charge in [-0.05, 0) is 30.3 Å². The van der Waals surface area contributed by atoms with Crippen LogP contribution in [0.25, 0.3) is 0 Å². The van der Waals surface area contributed by atoms with Gasteiger partial charge in [0, 0.05) is 28.9 Å².